The Kier molecular flexibility index (Phi) is 4.80. The van der Waals surface area contributed by atoms with Crippen molar-refractivity contribution in [2.24, 2.45) is 0 Å². The fourth-order valence-corrected chi connectivity index (χ4v) is 2.14. The summed E-state index contributed by atoms with van der Waals surface area (Å²) >= 11 is 0. The fourth-order valence-electron chi connectivity index (χ4n) is 2.14. The van der Waals surface area contributed by atoms with Crippen molar-refractivity contribution in [3.63, 3.8) is 0 Å². The third-order valence-electron chi connectivity index (χ3n) is 3.36. The van der Waals surface area contributed by atoms with Gasteiger partial charge in [-0.2, -0.15) is 4.98 Å². The van der Waals surface area contributed by atoms with Gasteiger partial charge in [0.25, 0.3) is 0 Å². The zero-order valence-corrected chi connectivity index (χ0v) is 13.4. The first kappa shape index (κ1) is 16.1. The van der Waals surface area contributed by atoms with E-state index in [-0.39, 0.29) is 6.79 Å². The first-order valence-electron chi connectivity index (χ1n) is 7.44. The number of nitrogens with zero attached hydrogens (tertiary/aromatic N) is 2. The Morgan fingerprint density at radius 1 is 1.38 bits per heavy atom. The molecule has 0 fully saturated rings. The van der Waals surface area contributed by atoms with Gasteiger partial charge < -0.3 is 29.4 Å². The van der Waals surface area contributed by atoms with Crippen LogP contribution in [0.2, 0.25) is 0 Å². The van der Waals surface area contributed by atoms with Crippen LogP contribution in [0.5, 0.6) is 11.5 Å². The lowest BCUT2D eigenvalue weighted by Gasteiger charge is -2.11. The lowest BCUT2D eigenvalue weighted by molar-refractivity contribution is 0.174. The number of carbonyl (C=O) groups is 1. The molecule has 0 aliphatic carbocycles. The average Bonchev–Trinajstić information content (AvgIpc) is 3.21. The highest BCUT2D eigenvalue weighted by Crippen LogP contribution is 2.34. The van der Waals surface area contributed by atoms with Gasteiger partial charge in [-0.05, 0) is 19.1 Å². The van der Waals surface area contributed by atoms with Crippen LogP contribution in [0.15, 0.2) is 22.7 Å². The molecule has 0 spiro atoms. The van der Waals surface area contributed by atoms with Crippen LogP contribution in [0, 0.1) is 0 Å². The Balaban J connectivity index is 1.55. The molecule has 3 rings (SSSR count). The minimum Gasteiger partial charge on any atom is -0.454 e. The van der Waals surface area contributed by atoms with Crippen LogP contribution in [0.25, 0.3) is 0 Å². The quantitative estimate of drug-likeness (QED) is 0.830. The van der Waals surface area contributed by atoms with Gasteiger partial charge in [-0.1, -0.05) is 5.16 Å². The predicted octanol–water partition coefficient (Wildman–Crippen LogP) is 1.87. The van der Waals surface area contributed by atoms with E-state index in [1.807, 2.05) is 0 Å². The van der Waals surface area contributed by atoms with Crippen molar-refractivity contribution >= 4 is 11.7 Å². The van der Waals surface area contributed by atoms with Crippen LogP contribution in [-0.2, 0) is 11.2 Å². The maximum Gasteiger partial charge on any atom is 0.319 e. The summed E-state index contributed by atoms with van der Waals surface area (Å²) in [5.74, 6) is 2.13. The van der Waals surface area contributed by atoms with Crippen LogP contribution in [0.4, 0.5) is 10.5 Å². The summed E-state index contributed by atoms with van der Waals surface area (Å²) in [5.41, 5.74) is 0.593. The van der Waals surface area contributed by atoms with Crippen LogP contribution in [-0.4, -0.2) is 36.7 Å². The molecule has 0 saturated heterocycles. The molecule has 128 valence electrons. The Hall–Kier alpha value is -2.81. The van der Waals surface area contributed by atoms with Crippen molar-refractivity contribution in [1.82, 2.24) is 15.5 Å². The van der Waals surface area contributed by atoms with Crippen molar-refractivity contribution in [3.8, 4) is 11.5 Å². The van der Waals surface area contributed by atoms with E-state index in [9.17, 15) is 4.79 Å². The average molecular weight is 334 g/mol. The topological polar surface area (TPSA) is 108 Å². The number of aromatic nitrogens is 2. The van der Waals surface area contributed by atoms with E-state index in [0.29, 0.717) is 41.9 Å². The molecule has 2 amide bonds. The van der Waals surface area contributed by atoms with Crippen LogP contribution >= 0.6 is 0 Å². The second-order valence-corrected chi connectivity index (χ2v) is 5.18. The van der Waals surface area contributed by atoms with Crippen molar-refractivity contribution in [1.29, 1.82) is 0 Å². The highest BCUT2D eigenvalue weighted by Gasteiger charge is 2.18. The van der Waals surface area contributed by atoms with E-state index in [0.717, 1.165) is 0 Å². The van der Waals surface area contributed by atoms with Gasteiger partial charge in [-0.3, -0.25) is 0 Å². The number of nitrogens with one attached hydrogen (secondary N) is 2. The van der Waals surface area contributed by atoms with Gasteiger partial charge in [0.15, 0.2) is 17.3 Å². The van der Waals surface area contributed by atoms with Gasteiger partial charge in [-0.25, -0.2) is 4.79 Å². The lowest BCUT2D eigenvalue weighted by atomic mass is 10.3. The standard InChI is InChI=1S/C15H18N4O5/c1-9(14-18-13(19-24-14)5-6-21-2)16-15(20)17-10-3-4-11-12(7-10)23-8-22-11/h3-4,7,9H,5-6,8H2,1-2H3,(H2,16,17,20)/t9-/m1/s1. The van der Waals surface area contributed by atoms with E-state index in [1.54, 1.807) is 32.2 Å². The van der Waals surface area contributed by atoms with Crippen LogP contribution < -0.4 is 20.1 Å². The van der Waals surface area contributed by atoms with Gasteiger partial charge in [0, 0.05) is 25.3 Å². The molecular formula is C15H18N4O5. The summed E-state index contributed by atoms with van der Waals surface area (Å²) in [6, 6.07) is 4.34. The number of ether oxygens (including phenoxy) is 3. The number of urea groups is 1. The van der Waals surface area contributed by atoms with Crippen molar-refractivity contribution in [2.45, 2.75) is 19.4 Å². The Morgan fingerprint density at radius 3 is 3.04 bits per heavy atom. The summed E-state index contributed by atoms with van der Waals surface area (Å²) in [6.07, 6.45) is 0.552. The fraction of sp³-hybridized carbons (Fsp3) is 0.400. The number of methoxy groups -OCH3 is 1. The summed E-state index contributed by atoms with van der Waals surface area (Å²) in [4.78, 5) is 16.3. The molecule has 1 aromatic heterocycles. The second kappa shape index (κ2) is 7.18. The van der Waals surface area contributed by atoms with E-state index >= 15 is 0 Å². The zero-order valence-electron chi connectivity index (χ0n) is 13.4. The molecule has 1 aliphatic rings. The molecular weight excluding hydrogens is 316 g/mol. The summed E-state index contributed by atoms with van der Waals surface area (Å²) in [5, 5.41) is 9.29. The van der Waals surface area contributed by atoms with Gasteiger partial charge in [0.05, 0.1) is 6.61 Å². The Bertz CT molecular complexity index is 718. The predicted molar refractivity (Wildman–Crippen MR) is 83.0 cm³/mol. The molecule has 0 bridgehead atoms. The molecule has 0 unspecified atom stereocenters. The molecule has 0 radical (unpaired) electrons. The second-order valence-electron chi connectivity index (χ2n) is 5.18. The summed E-state index contributed by atoms with van der Waals surface area (Å²) in [6.45, 7) is 2.45. The molecule has 24 heavy (non-hydrogen) atoms. The number of anilines is 1. The lowest BCUT2D eigenvalue weighted by Crippen LogP contribution is -2.31. The van der Waals surface area contributed by atoms with E-state index < -0.39 is 12.1 Å². The maximum atomic E-state index is 12.1. The normalized spacial score (nSPS) is 13.6. The third-order valence-corrected chi connectivity index (χ3v) is 3.36. The van der Waals surface area contributed by atoms with Gasteiger partial charge >= 0.3 is 6.03 Å². The largest absolute Gasteiger partial charge is 0.454 e. The minimum atomic E-state index is -0.428. The number of benzene rings is 1. The van der Waals surface area contributed by atoms with Gasteiger partial charge in [0.2, 0.25) is 12.7 Å². The van der Waals surface area contributed by atoms with Gasteiger partial charge in [-0.15, -0.1) is 0 Å². The monoisotopic (exact) mass is 334 g/mol. The number of hydrogen-bond donors (Lipinski definition) is 2. The van der Waals surface area contributed by atoms with E-state index in [4.69, 9.17) is 18.7 Å². The molecule has 0 saturated carbocycles. The summed E-state index contributed by atoms with van der Waals surface area (Å²) in [7, 11) is 1.60. The maximum absolute atomic E-state index is 12.1. The first-order chi connectivity index (χ1) is 11.7. The molecule has 9 heteroatoms. The highest BCUT2D eigenvalue weighted by molar-refractivity contribution is 5.89. The van der Waals surface area contributed by atoms with Crippen LogP contribution in [0.3, 0.4) is 0 Å². The number of carbonyl (C=O) groups excluding carboxylic acids is 1. The smallest absolute Gasteiger partial charge is 0.319 e. The molecule has 2 aromatic rings. The molecule has 1 atom stereocenters. The zero-order chi connectivity index (χ0) is 16.9. The SMILES string of the molecule is COCCc1noc([C@@H](C)NC(=O)Nc2ccc3c(c2)OCO3)n1. The minimum absolute atomic E-state index is 0.185. The van der Waals surface area contributed by atoms with Crippen molar-refractivity contribution in [3.05, 3.63) is 29.9 Å². The first-order valence-corrected chi connectivity index (χ1v) is 7.44. The molecule has 2 N–H and O–H groups in total. The Labute approximate surface area is 138 Å². The van der Waals surface area contributed by atoms with Gasteiger partial charge in [0.1, 0.15) is 6.04 Å². The summed E-state index contributed by atoms with van der Waals surface area (Å²) < 4.78 is 20.6. The number of fused-ring (bicyclic) bond motifs is 1. The molecule has 1 aliphatic heterocycles. The number of amides is 2. The molecule has 9 nitrogen and oxygen atoms in total. The molecule has 2 heterocycles. The van der Waals surface area contributed by atoms with Crippen LogP contribution in [0.1, 0.15) is 24.7 Å². The highest BCUT2D eigenvalue weighted by atomic mass is 16.7. The van der Waals surface area contributed by atoms with Crippen molar-refractivity contribution in [2.75, 3.05) is 25.8 Å². The third kappa shape index (κ3) is 3.74. The number of hydrogen-bond acceptors (Lipinski definition) is 7. The van der Waals surface area contributed by atoms with Crippen molar-refractivity contribution < 1.29 is 23.5 Å². The van der Waals surface area contributed by atoms with E-state index in [1.165, 1.54) is 0 Å². The van der Waals surface area contributed by atoms with E-state index in [2.05, 4.69) is 20.8 Å². The number of rotatable bonds is 6. The molecule has 1 aromatic carbocycles. The Morgan fingerprint density at radius 2 is 2.21 bits per heavy atom.